The third kappa shape index (κ3) is 3.91. The van der Waals surface area contributed by atoms with Gasteiger partial charge in [0.25, 0.3) is 0 Å². The molecule has 1 aromatic heterocycles. The van der Waals surface area contributed by atoms with Crippen LogP contribution in [0.5, 0.6) is 0 Å². The average Bonchev–Trinajstić information content (AvgIpc) is 2.69. The fraction of sp³-hybridized carbons (Fsp3) is 0.750. The summed E-state index contributed by atoms with van der Waals surface area (Å²) in [4.78, 5) is 6.65. The number of rotatable bonds is 4. The van der Waals surface area contributed by atoms with Crippen molar-refractivity contribution in [3.63, 3.8) is 0 Å². The van der Waals surface area contributed by atoms with Crippen molar-refractivity contribution < 1.29 is 0 Å². The lowest BCUT2D eigenvalue weighted by atomic mass is 9.80. The molecule has 3 nitrogen and oxygen atoms in total. The van der Waals surface area contributed by atoms with Gasteiger partial charge in [-0.2, -0.15) is 0 Å². The van der Waals surface area contributed by atoms with Crippen LogP contribution >= 0.6 is 22.9 Å². The number of halogens is 1. The highest BCUT2D eigenvalue weighted by Crippen LogP contribution is 2.29. The molecule has 0 bridgehead atoms. The summed E-state index contributed by atoms with van der Waals surface area (Å²) in [5.74, 6) is 0. The van der Waals surface area contributed by atoms with Gasteiger partial charge in [0.05, 0.1) is 6.20 Å². The number of hydrogen-bond acceptors (Lipinski definition) is 4. The Morgan fingerprint density at radius 2 is 2.24 bits per heavy atom. The molecule has 5 heteroatoms. The quantitative estimate of drug-likeness (QED) is 0.914. The first-order valence-corrected chi connectivity index (χ1v) is 7.26. The molecule has 2 heterocycles. The molecular weight excluding hydrogens is 254 g/mol. The molecule has 0 spiro atoms. The Labute approximate surface area is 112 Å². The Morgan fingerprint density at radius 3 is 2.82 bits per heavy atom. The second-order valence-electron chi connectivity index (χ2n) is 5.28. The van der Waals surface area contributed by atoms with E-state index in [2.05, 4.69) is 29.2 Å². The molecule has 0 radical (unpaired) electrons. The van der Waals surface area contributed by atoms with Crippen LogP contribution in [-0.2, 0) is 6.54 Å². The fourth-order valence-electron chi connectivity index (χ4n) is 2.18. The second kappa shape index (κ2) is 5.65. The summed E-state index contributed by atoms with van der Waals surface area (Å²) in [7, 11) is 2.20. The van der Waals surface area contributed by atoms with Crippen molar-refractivity contribution >= 4 is 22.9 Å². The minimum absolute atomic E-state index is 0.438. The first-order valence-electron chi connectivity index (χ1n) is 6.07. The van der Waals surface area contributed by atoms with Crippen molar-refractivity contribution in [3.8, 4) is 0 Å². The maximum atomic E-state index is 5.85. The maximum Gasteiger partial charge on any atom is 0.113 e. The number of nitrogens with one attached hydrogen (secondary N) is 1. The fourth-order valence-corrected chi connectivity index (χ4v) is 3.10. The van der Waals surface area contributed by atoms with Crippen LogP contribution in [0.4, 0.5) is 0 Å². The van der Waals surface area contributed by atoms with Crippen LogP contribution in [-0.4, -0.2) is 36.6 Å². The first-order chi connectivity index (χ1) is 8.07. The number of likely N-dealkylation sites (tertiary alicyclic amines) is 1. The number of hydrogen-bond donors (Lipinski definition) is 1. The number of thiazole rings is 1. The molecule has 1 aromatic rings. The van der Waals surface area contributed by atoms with Gasteiger partial charge in [-0.05, 0) is 38.4 Å². The van der Waals surface area contributed by atoms with Crippen LogP contribution in [0.3, 0.4) is 0 Å². The molecule has 1 fully saturated rings. The minimum Gasteiger partial charge on any atom is -0.310 e. The van der Waals surface area contributed by atoms with Gasteiger partial charge >= 0.3 is 0 Å². The van der Waals surface area contributed by atoms with Crippen LogP contribution in [0.1, 0.15) is 24.8 Å². The predicted octanol–water partition coefficient (Wildman–Crippen LogP) is 2.62. The molecule has 1 N–H and O–H groups in total. The molecule has 2 rings (SSSR count). The molecule has 0 atom stereocenters. The zero-order chi connectivity index (χ0) is 12.3. The van der Waals surface area contributed by atoms with Crippen LogP contribution in [0.2, 0.25) is 4.34 Å². The molecular formula is C12H20ClN3S. The van der Waals surface area contributed by atoms with Gasteiger partial charge in [0.15, 0.2) is 0 Å². The molecule has 1 aliphatic rings. The van der Waals surface area contributed by atoms with Crippen molar-refractivity contribution in [2.75, 3.05) is 26.7 Å². The minimum atomic E-state index is 0.438. The van der Waals surface area contributed by atoms with E-state index in [1.165, 1.54) is 25.9 Å². The third-order valence-corrected chi connectivity index (χ3v) is 4.66. The van der Waals surface area contributed by atoms with Crippen molar-refractivity contribution in [3.05, 3.63) is 15.5 Å². The molecule has 0 aliphatic carbocycles. The van der Waals surface area contributed by atoms with E-state index in [1.807, 2.05) is 0 Å². The summed E-state index contributed by atoms with van der Waals surface area (Å²) >= 11 is 7.41. The largest absolute Gasteiger partial charge is 0.310 e. The molecule has 1 aliphatic heterocycles. The summed E-state index contributed by atoms with van der Waals surface area (Å²) < 4.78 is 0.771. The Bertz CT molecular complexity index is 358. The van der Waals surface area contributed by atoms with Gasteiger partial charge in [-0.3, -0.25) is 0 Å². The van der Waals surface area contributed by atoms with Gasteiger partial charge in [-0.25, -0.2) is 4.98 Å². The molecule has 0 aromatic carbocycles. The standard InChI is InChI=1S/C12H20ClN3S/c1-12(3-5-16(2)6-4-12)9-14-8-11-15-7-10(13)17-11/h7,14H,3-6,8-9H2,1-2H3. The van der Waals surface area contributed by atoms with Crippen LogP contribution in [0.25, 0.3) is 0 Å². The van der Waals surface area contributed by atoms with E-state index >= 15 is 0 Å². The van der Waals surface area contributed by atoms with Gasteiger partial charge < -0.3 is 10.2 Å². The van der Waals surface area contributed by atoms with E-state index in [0.717, 1.165) is 22.4 Å². The summed E-state index contributed by atoms with van der Waals surface area (Å²) in [5.41, 5.74) is 0.438. The Kier molecular flexibility index (Phi) is 4.42. The van der Waals surface area contributed by atoms with Gasteiger partial charge in [-0.15, -0.1) is 11.3 Å². The zero-order valence-corrected chi connectivity index (χ0v) is 12.1. The van der Waals surface area contributed by atoms with E-state index in [-0.39, 0.29) is 0 Å². The lowest BCUT2D eigenvalue weighted by Gasteiger charge is -2.38. The van der Waals surface area contributed by atoms with Crippen molar-refractivity contribution in [2.24, 2.45) is 5.41 Å². The summed E-state index contributed by atoms with van der Waals surface area (Å²) in [6.45, 7) is 6.70. The molecule has 1 saturated heterocycles. The highest BCUT2D eigenvalue weighted by atomic mass is 35.5. The van der Waals surface area contributed by atoms with E-state index in [9.17, 15) is 0 Å². The normalized spacial score (nSPS) is 20.6. The Hall–Kier alpha value is -0.160. The molecule has 0 unspecified atom stereocenters. The third-order valence-electron chi connectivity index (χ3n) is 3.55. The topological polar surface area (TPSA) is 28.2 Å². The lowest BCUT2D eigenvalue weighted by molar-refractivity contribution is 0.137. The van der Waals surface area contributed by atoms with E-state index in [4.69, 9.17) is 11.6 Å². The number of piperidine rings is 1. The van der Waals surface area contributed by atoms with Crippen LogP contribution in [0.15, 0.2) is 6.20 Å². The van der Waals surface area contributed by atoms with E-state index < -0.39 is 0 Å². The predicted molar refractivity (Wildman–Crippen MR) is 73.7 cm³/mol. The van der Waals surface area contributed by atoms with Crippen molar-refractivity contribution in [1.82, 2.24) is 15.2 Å². The average molecular weight is 274 g/mol. The smallest absolute Gasteiger partial charge is 0.113 e. The zero-order valence-electron chi connectivity index (χ0n) is 10.5. The lowest BCUT2D eigenvalue weighted by Crippen LogP contribution is -2.41. The maximum absolute atomic E-state index is 5.85. The van der Waals surface area contributed by atoms with Crippen LogP contribution in [0, 0.1) is 5.41 Å². The second-order valence-corrected chi connectivity index (χ2v) is 7.02. The Balaban J connectivity index is 1.74. The Morgan fingerprint density at radius 1 is 1.53 bits per heavy atom. The van der Waals surface area contributed by atoms with E-state index in [1.54, 1.807) is 17.5 Å². The SMILES string of the molecule is CN1CCC(C)(CNCc2ncc(Cl)s2)CC1. The number of aromatic nitrogens is 1. The summed E-state index contributed by atoms with van der Waals surface area (Å²) in [6.07, 6.45) is 4.27. The van der Waals surface area contributed by atoms with Gasteiger partial charge in [-0.1, -0.05) is 18.5 Å². The highest BCUT2D eigenvalue weighted by molar-refractivity contribution is 7.15. The molecule has 0 saturated carbocycles. The summed E-state index contributed by atoms with van der Waals surface area (Å²) in [5, 5.41) is 4.59. The van der Waals surface area contributed by atoms with Gasteiger partial charge in [0.2, 0.25) is 0 Å². The summed E-state index contributed by atoms with van der Waals surface area (Å²) in [6, 6.07) is 0. The first kappa shape index (κ1) is 13.3. The molecule has 0 amide bonds. The van der Waals surface area contributed by atoms with Gasteiger partial charge in [0, 0.05) is 13.1 Å². The van der Waals surface area contributed by atoms with Gasteiger partial charge in [0.1, 0.15) is 9.34 Å². The molecule has 17 heavy (non-hydrogen) atoms. The van der Waals surface area contributed by atoms with Crippen molar-refractivity contribution in [1.29, 1.82) is 0 Å². The number of nitrogens with zero attached hydrogens (tertiary/aromatic N) is 2. The highest BCUT2D eigenvalue weighted by Gasteiger charge is 2.28. The van der Waals surface area contributed by atoms with Crippen molar-refractivity contribution in [2.45, 2.75) is 26.3 Å². The van der Waals surface area contributed by atoms with E-state index in [0.29, 0.717) is 5.41 Å². The molecule has 96 valence electrons. The monoisotopic (exact) mass is 273 g/mol. The van der Waals surface area contributed by atoms with Crippen LogP contribution < -0.4 is 5.32 Å².